The number of carbonyl (C=O) groups is 4. The predicted octanol–water partition coefficient (Wildman–Crippen LogP) is 7.26. The lowest BCUT2D eigenvalue weighted by molar-refractivity contribution is -0.127. The van der Waals surface area contributed by atoms with Gasteiger partial charge in [0.15, 0.2) is 11.5 Å². The number of anilines is 1. The number of hydrogen-bond donors (Lipinski definition) is 1. The van der Waals surface area contributed by atoms with Crippen molar-refractivity contribution in [3.63, 3.8) is 0 Å². The third-order valence-corrected chi connectivity index (χ3v) is 7.66. The molecule has 1 fully saturated rings. The topological polar surface area (TPSA) is 111 Å². The molecule has 0 aliphatic carbocycles. The first-order valence-corrected chi connectivity index (χ1v) is 15.3. The van der Waals surface area contributed by atoms with Gasteiger partial charge in [0.05, 0.1) is 28.7 Å². The van der Waals surface area contributed by atoms with Gasteiger partial charge in [0.2, 0.25) is 5.91 Å². The van der Waals surface area contributed by atoms with Crippen molar-refractivity contribution in [3.05, 3.63) is 92.8 Å². The average molecular weight is 637 g/mol. The van der Waals surface area contributed by atoms with E-state index in [2.05, 4.69) is 5.32 Å². The molecule has 1 heterocycles. The van der Waals surface area contributed by atoms with Gasteiger partial charge >= 0.3 is 5.97 Å². The molecule has 1 aliphatic rings. The van der Waals surface area contributed by atoms with E-state index in [1.165, 1.54) is 18.2 Å². The second kappa shape index (κ2) is 15.4. The number of amides is 3. The number of hydrogen-bond acceptors (Lipinski definition) is 8. The van der Waals surface area contributed by atoms with Crippen LogP contribution >= 0.6 is 23.4 Å². The third-order valence-electron chi connectivity index (χ3n) is 6.42. The molecular weight excluding hydrogens is 604 g/mol. The number of thioether (sulfide) groups is 1. The zero-order valence-corrected chi connectivity index (χ0v) is 26.3. The van der Waals surface area contributed by atoms with Gasteiger partial charge in [-0.2, -0.15) is 0 Å². The number of rotatable bonds is 13. The van der Waals surface area contributed by atoms with Crippen LogP contribution in [0.5, 0.6) is 11.5 Å². The molecule has 230 valence electrons. The standard InChI is InChI=1S/C33H33ClN2O7S/c1-4-6-14-42-32(39)25-18-24(11-12-26(25)34)35-30(37)19-36-31(38)29(44-33(36)40)17-22-10-13-27(28(16-22)41-5-2)43-20-23-9-7-8-21(3)15-23/h7-13,15-18H,4-6,14,19-20H2,1-3H3,(H,35,37)/b29-17-. The van der Waals surface area contributed by atoms with E-state index in [0.717, 1.165) is 34.2 Å². The molecule has 0 spiro atoms. The zero-order chi connectivity index (χ0) is 31.6. The fraction of sp³-hybridized carbons (Fsp3) is 0.273. The maximum Gasteiger partial charge on any atom is 0.339 e. The Labute approximate surface area is 265 Å². The largest absolute Gasteiger partial charge is 0.490 e. The summed E-state index contributed by atoms with van der Waals surface area (Å²) >= 11 is 6.89. The van der Waals surface area contributed by atoms with E-state index in [1.807, 2.05) is 45.0 Å². The molecule has 11 heteroatoms. The van der Waals surface area contributed by atoms with Gasteiger partial charge in [-0.15, -0.1) is 0 Å². The normalized spacial score (nSPS) is 13.7. The van der Waals surface area contributed by atoms with Gasteiger partial charge in [-0.1, -0.05) is 60.8 Å². The molecule has 0 bridgehead atoms. The van der Waals surface area contributed by atoms with E-state index in [4.69, 9.17) is 25.8 Å². The number of unbranched alkanes of at least 4 members (excludes halogenated alkanes) is 1. The summed E-state index contributed by atoms with van der Waals surface area (Å²) in [4.78, 5) is 51.9. The minimum Gasteiger partial charge on any atom is -0.490 e. The molecule has 0 atom stereocenters. The summed E-state index contributed by atoms with van der Waals surface area (Å²) in [5.41, 5.74) is 3.17. The number of aryl methyl sites for hydroxylation is 1. The van der Waals surface area contributed by atoms with Gasteiger partial charge in [-0.3, -0.25) is 19.3 Å². The van der Waals surface area contributed by atoms with Crippen molar-refractivity contribution in [3.8, 4) is 11.5 Å². The molecule has 0 radical (unpaired) electrons. The maximum absolute atomic E-state index is 13.1. The molecule has 1 N–H and O–H groups in total. The van der Waals surface area contributed by atoms with Crippen LogP contribution in [0.2, 0.25) is 5.02 Å². The molecule has 0 saturated carbocycles. The van der Waals surface area contributed by atoms with Crippen LogP contribution in [-0.2, 0) is 20.9 Å². The monoisotopic (exact) mass is 636 g/mol. The van der Waals surface area contributed by atoms with Crippen molar-refractivity contribution in [1.82, 2.24) is 4.90 Å². The summed E-state index contributed by atoms with van der Waals surface area (Å²) < 4.78 is 17.0. The van der Waals surface area contributed by atoms with Crippen molar-refractivity contribution in [2.75, 3.05) is 25.1 Å². The number of ether oxygens (including phenoxy) is 3. The Morgan fingerprint density at radius 3 is 2.57 bits per heavy atom. The Morgan fingerprint density at radius 1 is 1.00 bits per heavy atom. The fourth-order valence-corrected chi connectivity index (χ4v) is 5.28. The predicted molar refractivity (Wildman–Crippen MR) is 171 cm³/mol. The van der Waals surface area contributed by atoms with Gasteiger partial charge in [0.25, 0.3) is 11.1 Å². The minimum absolute atomic E-state index is 0.104. The van der Waals surface area contributed by atoms with Gasteiger partial charge in [-0.25, -0.2) is 4.79 Å². The lowest BCUT2D eigenvalue weighted by Gasteiger charge is -2.14. The van der Waals surface area contributed by atoms with E-state index in [1.54, 1.807) is 24.3 Å². The van der Waals surface area contributed by atoms with Crippen molar-refractivity contribution in [2.24, 2.45) is 0 Å². The second-order valence-corrected chi connectivity index (χ2v) is 11.3. The Kier molecular flexibility index (Phi) is 11.5. The smallest absolute Gasteiger partial charge is 0.339 e. The van der Waals surface area contributed by atoms with Gasteiger partial charge in [0, 0.05) is 5.69 Å². The van der Waals surface area contributed by atoms with Crippen LogP contribution in [0.4, 0.5) is 10.5 Å². The second-order valence-electron chi connectivity index (χ2n) is 9.92. The lowest BCUT2D eigenvalue weighted by atomic mass is 10.1. The molecule has 3 aromatic rings. The third kappa shape index (κ3) is 8.64. The summed E-state index contributed by atoms with van der Waals surface area (Å²) in [6, 6.07) is 17.6. The summed E-state index contributed by atoms with van der Waals surface area (Å²) in [6.45, 7) is 6.38. The summed E-state index contributed by atoms with van der Waals surface area (Å²) in [6.07, 6.45) is 3.16. The van der Waals surface area contributed by atoms with E-state index < -0.39 is 29.6 Å². The summed E-state index contributed by atoms with van der Waals surface area (Å²) in [5, 5.41) is 2.21. The highest BCUT2D eigenvalue weighted by atomic mass is 35.5. The fourth-order valence-electron chi connectivity index (χ4n) is 4.24. The number of halogens is 1. The molecule has 0 aromatic heterocycles. The van der Waals surface area contributed by atoms with Crippen LogP contribution in [-0.4, -0.2) is 47.7 Å². The zero-order valence-electron chi connectivity index (χ0n) is 24.7. The number of carbonyl (C=O) groups excluding carboxylic acids is 4. The van der Waals surface area contributed by atoms with Crippen LogP contribution in [0, 0.1) is 6.92 Å². The Hall–Kier alpha value is -4.28. The molecule has 4 rings (SSSR count). The van der Waals surface area contributed by atoms with E-state index in [-0.39, 0.29) is 27.8 Å². The van der Waals surface area contributed by atoms with Crippen LogP contribution in [0.3, 0.4) is 0 Å². The van der Waals surface area contributed by atoms with Crippen molar-refractivity contribution >= 4 is 58.1 Å². The first-order valence-electron chi connectivity index (χ1n) is 14.2. The Balaban J connectivity index is 1.41. The first-order chi connectivity index (χ1) is 21.2. The van der Waals surface area contributed by atoms with Crippen LogP contribution in [0.25, 0.3) is 6.08 Å². The highest BCUT2D eigenvalue weighted by Gasteiger charge is 2.36. The van der Waals surface area contributed by atoms with Gasteiger partial charge < -0.3 is 19.5 Å². The maximum atomic E-state index is 13.1. The molecule has 44 heavy (non-hydrogen) atoms. The minimum atomic E-state index is -0.616. The van der Waals surface area contributed by atoms with Crippen molar-refractivity contribution < 1.29 is 33.4 Å². The van der Waals surface area contributed by atoms with Crippen molar-refractivity contribution in [2.45, 2.75) is 40.2 Å². The molecule has 9 nitrogen and oxygen atoms in total. The molecule has 3 aromatic carbocycles. The van der Waals surface area contributed by atoms with Crippen molar-refractivity contribution in [1.29, 1.82) is 0 Å². The molecular formula is C33H33ClN2O7S. The van der Waals surface area contributed by atoms with E-state index in [0.29, 0.717) is 36.7 Å². The highest BCUT2D eigenvalue weighted by molar-refractivity contribution is 8.18. The summed E-state index contributed by atoms with van der Waals surface area (Å²) in [7, 11) is 0. The molecule has 3 amide bonds. The van der Waals surface area contributed by atoms with E-state index >= 15 is 0 Å². The molecule has 1 aliphatic heterocycles. The molecule has 1 saturated heterocycles. The Bertz CT molecular complexity index is 1590. The number of nitrogens with zero attached hydrogens (tertiary/aromatic N) is 1. The summed E-state index contributed by atoms with van der Waals surface area (Å²) in [5.74, 6) is -0.757. The van der Waals surface area contributed by atoms with Crippen LogP contribution in [0.15, 0.2) is 65.6 Å². The average Bonchev–Trinajstić information content (AvgIpc) is 3.25. The number of imide groups is 1. The number of benzene rings is 3. The van der Waals surface area contributed by atoms with E-state index in [9.17, 15) is 19.2 Å². The Morgan fingerprint density at radius 2 is 1.82 bits per heavy atom. The van der Waals surface area contributed by atoms with Gasteiger partial charge in [0.1, 0.15) is 13.2 Å². The lowest BCUT2D eigenvalue weighted by Crippen LogP contribution is -2.36. The molecule has 0 unspecified atom stereocenters. The van der Waals surface area contributed by atoms with Crippen LogP contribution < -0.4 is 14.8 Å². The number of nitrogens with one attached hydrogen (secondary N) is 1. The van der Waals surface area contributed by atoms with Gasteiger partial charge in [-0.05, 0) is 79.6 Å². The van der Waals surface area contributed by atoms with Crippen LogP contribution in [0.1, 0.15) is 53.7 Å². The number of esters is 1. The first kappa shape index (κ1) is 32.6. The SMILES string of the molecule is CCCCOC(=O)c1cc(NC(=O)CN2C(=O)S/C(=C\c3ccc(OCc4cccc(C)c4)c(OCC)c3)C2=O)ccc1Cl. The highest BCUT2D eigenvalue weighted by Crippen LogP contribution is 2.35. The quantitative estimate of drug-likeness (QED) is 0.119.